The predicted molar refractivity (Wildman–Crippen MR) is 100 cm³/mol. The summed E-state index contributed by atoms with van der Waals surface area (Å²) < 4.78 is 13.0. The number of amides is 1. The van der Waals surface area contributed by atoms with Crippen LogP contribution in [0, 0.1) is 15.9 Å². The van der Waals surface area contributed by atoms with Crippen LogP contribution in [0.3, 0.4) is 0 Å². The zero-order valence-corrected chi connectivity index (χ0v) is 14.9. The van der Waals surface area contributed by atoms with Crippen molar-refractivity contribution in [3.63, 3.8) is 0 Å². The molecular weight excluding hydrogens is 369 g/mol. The maximum Gasteiger partial charge on any atom is 0.305 e. The number of non-ortho nitro benzene ring substituents is 1. The van der Waals surface area contributed by atoms with Gasteiger partial charge in [0.1, 0.15) is 5.82 Å². The number of aliphatic carboxylic acids is 1. The van der Waals surface area contributed by atoms with Gasteiger partial charge in [-0.15, -0.1) is 0 Å². The number of nitrogens with one attached hydrogen (secondary N) is 2. The summed E-state index contributed by atoms with van der Waals surface area (Å²) >= 11 is 0. The highest BCUT2D eigenvalue weighted by molar-refractivity contribution is 5.77. The summed E-state index contributed by atoms with van der Waals surface area (Å²) in [5.74, 6) is -1.84. The second-order valence-electron chi connectivity index (χ2n) is 6.10. The van der Waals surface area contributed by atoms with Gasteiger partial charge >= 0.3 is 5.97 Å². The molecular formula is C19H20FN3O5. The van der Waals surface area contributed by atoms with Gasteiger partial charge in [0.15, 0.2) is 0 Å². The Hall–Kier alpha value is -3.49. The van der Waals surface area contributed by atoms with Crippen molar-refractivity contribution in [1.29, 1.82) is 0 Å². The lowest BCUT2D eigenvalue weighted by molar-refractivity contribution is -0.384. The first-order valence-corrected chi connectivity index (χ1v) is 8.60. The van der Waals surface area contributed by atoms with E-state index in [1.54, 1.807) is 12.1 Å². The van der Waals surface area contributed by atoms with Gasteiger partial charge in [-0.1, -0.05) is 12.1 Å². The van der Waals surface area contributed by atoms with Crippen molar-refractivity contribution in [1.82, 2.24) is 5.32 Å². The van der Waals surface area contributed by atoms with Crippen molar-refractivity contribution in [2.75, 3.05) is 11.9 Å². The molecule has 0 aromatic heterocycles. The van der Waals surface area contributed by atoms with Crippen LogP contribution in [-0.2, 0) is 9.59 Å². The van der Waals surface area contributed by atoms with Crippen LogP contribution in [0.15, 0.2) is 48.5 Å². The smallest absolute Gasteiger partial charge is 0.305 e. The van der Waals surface area contributed by atoms with Crippen molar-refractivity contribution < 1.29 is 24.0 Å². The fraction of sp³-hybridized carbons (Fsp3) is 0.263. The molecule has 8 nitrogen and oxygen atoms in total. The number of carbonyl (C=O) groups is 2. The summed E-state index contributed by atoms with van der Waals surface area (Å²) in [5.41, 5.74) is 1.21. The van der Waals surface area contributed by atoms with Crippen molar-refractivity contribution in [2.45, 2.75) is 25.3 Å². The lowest BCUT2D eigenvalue weighted by Gasteiger charge is -2.17. The first-order chi connectivity index (χ1) is 13.3. The maximum absolute atomic E-state index is 13.0. The van der Waals surface area contributed by atoms with Gasteiger partial charge in [0.25, 0.3) is 5.69 Å². The highest BCUT2D eigenvalue weighted by atomic mass is 19.1. The molecule has 148 valence electrons. The minimum atomic E-state index is -1.07. The number of carboxylic acids is 1. The van der Waals surface area contributed by atoms with Crippen molar-refractivity contribution in [3.8, 4) is 0 Å². The van der Waals surface area contributed by atoms with E-state index in [0.29, 0.717) is 24.2 Å². The molecule has 0 aliphatic rings. The Kier molecular flexibility index (Phi) is 7.44. The second kappa shape index (κ2) is 10.0. The minimum absolute atomic E-state index is 0.00445. The van der Waals surface area contributed by atoms with E-state index in [9.17, 15) is 24.1 Å². The standard InChI is InChI=1S/C19H20FN3O5/c20-14-5-3-13(4-6-14)17(12-19(25)26)22-18(24)2-1-11-21-15-7-9-16(10-8-15)23(27)28/h3-10,17,21H,1-2,11-12H2,(H,22,24)(H,25,26). The highest BCUT2D eigenvalue weighted by Crippen LogP contribution is 2.18. The normalized spacial score (nSPS) is 11.5. The molecule has 1 unspecified atom stereocenters. The van der Waals surface area contributed by atoms with Gasteiger partial charge < -0.3 is 15.7 Å². The van der Waals surface area contributed by atoms with Crippen LogP contribution < -0.4 is 10.6 Å². The summed E-state index contributed by atoms with van der Waals surface area (Å²) in [6, 6.07) is 10.5. The summed E-state index contributed by atoms with van der Waals surface area (Å²) in [6.45, 7) is 0.464. The largest absolute Gasteiger partial charge is 0.481 e. The summed E-state index contributed by atoms with van der Waals surface area (Å²) in [4.78, 5) is 33.3. The van der Waals surface area contributed by atoms with Crippen LogP contribution >= 0.6 is 0 Å². The number of carboxylic acid groups (broad SMARTS) is 1. The molecule has 0 aliphatic heterocycles. The molecule has 2 aromatic rings. The van der Waals surface area contributed by atoms with E-state index < -0.39 is 22.8 Å². The van der Waals surface area contributed by atoms with E-state index in [2.05, 4.69) is 10.6 Å². The third kappa shape index (κ3) is 6.67. The Labute approximate surface area is 160 Å². The van der Waals surface area contributed by atoms with Gasteiger partial charge in [0, 0.05) is 30.8 Å². The number of hydrogen-bond acceptors (Lipinski definition) is 5. The Morgan fingerprint density at radius 3 is 2.32 bits per heavy atom. The van der Waals surface area contributed by atoms with E-state index in [-0.39, 0.29) is 24.4 Å². The van der Waals surface area contributed by atoms with Crippen LogP contribution in [0.1, 0.15) is 30.9 Å². The summed E-state index contributed by atoms with van der Waals surface area (Å²) in [6.07, 6.45) is 0.335. The van der Waals surface area contributed by atoms with Gasteiger partial charge in [-0.2, -0.15) is 0 Å². The van der Waals surface area contributed by atoms with E-state index in [0.717, 1.165) is 0 Å². The number of nitrogens with zero attached hydrogens (tertiary/aromatic N) is 1. The molecule has 3 N–H and O–H groups in total. The van der Waals surface area contributed by atoms with Crippen molar-refractivity contribution in [3.05, 3.63) is 70.0 Å². The molecule has 0 radical (unpaired) electrons. The highest BCUT2D eigenvalue weighted by Gasteiger charge is 2.18. The summed E-state index contributed by atoms with van der Waals surface area (Å²) in [7, 11) is 0. The van der Waals surface area contributed by atoms with E-state index in [1.807, 2.05) is 0 Å². The Morgan fingerprint density at radius 1 is 1.11 bits per heavy atom. The van der Waals surface area contributed by atoms with Gasteiger partial charge in [0.2, 0.25) is 5.91 Å². The number of rotatable bonds is 10. The van der Waals surface area contributed by atoms with Gasteiger partial charge in [-0.25, -0.2) is 4.39 Å². The molecule has 0 fully saturated rings. The van der Waals surface area contributed by atoms with Crippen LogP contribution in [-0.4, -0.2) is 28.5 Å². The fourth-order valence-corrected chi connectivity index (χ4v) is 2.57. The van der Waals surface area contributed by atoms with Crippen LogP contribution in [0.4, 0.5) is 15.8 Å². The van der Waals surface area contributed by atoms with Gasteiger partial charge in [-0.05, 0) is 36.2 Å². The third-order valence-corrected chi connectivity index (χ3v) is 3.97. The van der Waals surface area contributed by atoms with E-state index in [1.165, 1.54) is 36.4 Å². The van der Waals surface area contributed by atoms with Crippen LogP contribution in [0.5, 0.6) is 0 Å². The lowest BCUT2D eigenvalue weighted by atomic mass is 10.0. The van der Waals surface area contributed by atoms with Gasteiger partial charge in [-0.3, -0.25) is 19.7 Å². The van der Waals surface area contributed by atoms with Crippen molar-refractivity contribution >= 4 is 23.3 Å². The summed E-state index contributed by atoms with van der Waals surface area (Å²) in [5, 5.41) is 25.3. The quantitative estimate of drug-likeness (QED) is 0.326. The molecule has 28 heavy (non-hydrogen) atoms. The number of carbonyl (C=O) groups excluding carboxylic acids is 1. The lowest BCUT2D eigenvalue weighted by Crippen LogP contribution is -2.30. The average Bonchev–Trinajstić information content (AvgIpc) is 2.65. The Bertz CT molecular complexity index is 824. The monoisotopic (exact) mass is 389 g/mol. The predicted octanol–water partition coefficient (Wildman–Crippen LogP) is 3.26. The van der Waals surface area contributed by atoms with Crippen LogP contribution in [0.25, 0.3) is 0 Å². The number of nitro benzene ring substituents is 1. The number of halogens is 1. The molecule has 2 rings (SSSR count). The average molecular weight is 389 g/mol. The molecule has 1 atom stereocenters. The number of benzene rings is 2. The molecule has 0 saturated carbocycles. The number of hydrogen-bond donors (Lipinski definition) is 3. The van der Waals surface area contributed by atoms with Gasteiger partial charge in [0.05, 0.1) is 17.4 Å². The van der Waals surface area contributed by atoms with E-state index in [4.69, 9.17) is 5.11 Å². The number of anilines is 1. The SMILES string of the molecule is O=C(O)CC(NC(=O)CCCNc1ccc([N+](=O)[O-])cc1)c1ccc(F)cc1. The molecule has 0 spiro atoms. The molecule has 2 aromatic carbocycles. The molecule has 0 saturated heterocycles. The first kappa shape index (κ1) is 20.8. The molecule has 0 bridgehead atoms. The molecule has 1 amide bonds. The Balaban J connectivity index is 1.81. The number of nitro groups is 1. The van der Waals surface area contributed by atoms with Crippen LogP contribution in [0.2, 0.25) is 0 Å². The molecule has 0 heterocycles. The fourth-order valence-electron chi connectivity index (χ4n) is 2.57. The van der Waals surface area contributed by atoms with Crippen molar-refractivity contribution in [2.24, 2.45) is 0 Å². The topological polar surface area (TPSA) is 122 Å². The first-order valence-electron chi connectivity index (χ1n) is 8.60. The third-order valence-electron chi connectivity index (χ3n) is 3.97. The second-order valence-corrected chi connectivity index (χ2v) is 6.10. The Morgan fingerprint density at radius 2 is 1.75 bits per heavy atom. The molecule has 0 aliphatic carbocycles. The minimum Gasteiger partial charge on any atom is -0.481 e. The zero-order valence-electron chi connectivity index (χ0n) is 14.9. The molecule has 9 heteroatoms. The zero-order chi connectivity index (χ0) is 20.5. The maximum atomic E-state index is 13.0. The van der Waals surface area contributed by atoms with E-state index >= 15 is 0 Å².